The maximum atomic E-state index is 13.5. The van der Waals surface area contributed by atoms with Crippen LogP contribution >= 0.6 is 0 Å². The summed E-state index contributed by atoms with van der Waals surface area (Å²) < 4.78 is 19.6. The van der Waals surface area contributed by atoms with Gasteiger partial charge in [-0.1, -0.05) is 12.1 Å². The first-order chi connectivity index (χ1) is 15.8. The molecule has 0 amide bonds. The van der Waals surface area contributed by atoms with E-state index in [0.717, 1.165) is 6.08 Å². The number of carbonyl (C=O) groups excluding carboxylic acids is 1. The van der Waals surface area contributed by atoms with E-state index in [1.165, 1.54) is 42.6 Å². The number of aromatic nitrogens is 1. The van der Waals surface area contributed by atoms with Crippen molar-refractivity contribution < 1.29 is 28.9 Å². The van der Waals surface area contributed by atoms with Crippen molar-refractivity contribution in [3.8, 4) is 17.2 Å². The summed E-state index contributed by atoms with van der Waals surface area (Å²) in [5.41, 5.74) is 2.06. The maximum absolute atomic E-state index is 13.5. The molecule has 3 aromatic carbocycles. The Morgan fingerprint density at radius 2 is 1.76 bits per heavy atom. The number of aliphatic carboxylic acids is 1. The largest absolute Gasteiger partial charge is 0.508 e. The fourth-order valence-electron chi connectivity index (χ4n) is 3.39. The van der Waals surface area contributed by atoms with Crippen LogP contribution in [0.1, 0.15) is 27.0 Å². The van der Waals surface area contributed by atoms with Crippen LogP contribution in [0.15, 0.2) is 72.9 Å². The summed E-state index contributed by atoms with van der Waals surface area (Å²) in [6.45, 7) is 1.65. The molecular weight excluding hydrogens is 425 g/mol. The first-order valence-corrected chi connectivity index (χ1v) is 9.93. The molecule has 4 rings (SSSR count). The van der Waals surface area contributed by atoms with Gasteiger partial charge in [-0.25, -0.2) is 9.18 Å². The molecule has 0 atom stereocenters. The summed E-state index contributed by atoms with van der Waals surface area (Å²) in [6.07, 6.45) is 3.84. The van der Waals surface area contributed by atoms with Crippen LogP contribution in [0.5, 0.6) is 17.2 Å². The normalized spacial score (nSPS) is 11.1. The molecule has 0 fully saturated rings. The molecule has 0 unspecified atom stereocenters. The van der Waals surface area contributed by atoms with Gasteiger partial charge in [-0.3, -0.25) is 9.78 Å². The molecule has 0 aliphatic carbocycles. The zero-order chi connectivity index (χ0) is 23.5. The van der Waals surface area contributed by atoms with Crippen LogP contribution in [0, 0.1) is 12.7 Å². The second-order valence-electron chi connectivity index (χ2n) is 7.33. The van der Waals surface area contributed by atoms with Crippen molar-refractivity contribution in [1.29, 1.82) is 0 Å². The number of aryl methyl sites for hydroxylation is 1. The van der Waals surface area contributed by atoms with Crippen LogP contribution < -0.4 is 4.74 Å². The van der Waals surface area contributed by atoms with Gasteiger partial charge in [0.25, 0.3) is 0 Å². The molecule has 0 saturated heterocycles. The van der Waals surface area contributed by atoms with Gasteiger partial charge in [-0.2, -0.15) is 0 Å². The van der Waals surface area contributed by atoms with E-state index >= 15 is 0 Å². The van der Waals surface area contributed by atoms with E-state index in [-0.39, 0.29) is 22.8 Å². The smallest absolute Gasteiger partial charge is 0.328 e. The number of ether oxygens (including phenoxy) is 1. The summed E-state index contributed by atoms with van der Waals surface area (Å²) in [5.74, 6) is -1.21. The van der Waals surface area contributed by atoms with Gasteiger partial charge in [0.1, 0.15) is 23.1 Å². The Bertz CT molecular complexity index is 1410. The average molecular weight is 443 g/mol. The van der Waals surface area contributed by atoms with Gasteiger partial charge in [0, 0.05) is 29.3 Å². The highest BCUT2D eigenvalue weighted by atomic mass is 19.1. The molecule has 1 heterocycles. The summed E-state index contributed by atoms with van der Waals surface area (Å²) in [4.78, 5) is 28.3. The first kappa shape index (κ1) is 21.7. The number of phenolic OH excluding ortho intramolecular Hbond substituents is 1. The lowest BCUT2D eigenvalue weighted by atomic mass is 9.98. The van der Waals surface area contributed by atoms with E-state index in [1.54, 1.807) is 37.3 Å². The Morgan fingerprint density at radius 1 is 1.00 bits per heavy atom. The third-order valence-corrected chi connectivity index (χ3v) is 5.00. The number of rotatable bonds is 6. The topological polar surface area (TPSA) is 96.7 Å². The van der Waals surface area contributed by atoms with Crippen LogP contribution in [0.2, 0.25) is 0 Å². The number of hydrogen-bond donors (Lipinski definition) is 2. The van der Waals surface area contributed by atoms with E-state index in [2.05, 4.69) is 4.98 Å². The van der Waals surface area contributed by atoms with Crippen LogP contribution in [-0.4, -0.2) is 26.9 Å². The fourth-order valence-corrected chi connectivity index (χ4v) is 3.39. The SMILES string of the molecule is Cc1cc(F)ccc1C(=O)c1cnc2cc(O)ccc2c1Oc1ccc(/C=C/C(=O)O)cc1. The standard InChI is InChI=1S/C26H18FNO5/c1-15-12-17(27)5-9-20(15)25(32)22-14-28-23-13-18(29)6-10-21(23)26(22)33-19-7-2-16(3-8-19)4-11-24(30)31/h2-14,29H,1H3,(H,30,31)/b11-4+. The molecular formula is C26H18FNO5. The van der Waals surface area contributed by atoms with Crippen LogP contribution in [-0.2, 0) is 4.79 Å². The number of carboxylic acids is 1. The molecule has 0 saturated carbocycles. The fraction of sp³-hybridized carbons (Fsp3) is 0.0385. The van der Waals surface area contributed by atoms with Gasteiger partial charge >= 0.3 is 5.97 Å². The summed E-state index contributed by atoms with van der Waals surface area (Å²) in [6, 6.07) is 15.1. The molecule has 7 heteroatoms. The number of hydrogen-bond acceptors (Lipinski definition) is 5. The van der Waals surface area contributed by atoms with Crippen LogP contribution in [0.4, 0.5) is 4.39 Å². The highest BCUT2D eigenvalue weighted by Crippen LogP contribution is 2.35. The van der Waals surface area contributed by atoms with Crippen molar-refractivity contribution in [2.75, 3.05) is 0 Å². The van der Waals surface area contributed by atoms with Gasteiger partial charge in [-0.05, 0) is 66.6 Å². The van der Waals surface area contributed by atoms with Crippen molar-refractivity contribution in [3.63, 3.8) is 0 Å². The van der Waals surface area contributed by atoms with Gasteiger partial charge in [0.15, 0.2) is 5.78 Å². The first-order valence-electron chi connectivity index (χ1n) is 9.93. The monoisotopic (exact) mass is 443 g/mol. The van der Waals surface area contributed by atoms with Crippen molar-refractivity contribution in [3.05, 3.63) is 101 Å². The predicted molar refractivity (Wildman–Crippen MR) is 121 cm³/mol. The van der Waals surface area contributed by atoms with E-state index in [1.807, 2.05) is 0 Å². The Morgan fingerprint density at radius 3 is 2.45 bits per heavy atom. The molecule has 0 bridgehead atoms. The molecule has 0 aliphatic rings. The Hall–Kier alpha value is -4.52. The molecule has 0 spiro atoms. The maximum Gasteiger partial charge on any atom is 0.328 e. The quantitative estimate of drug-likeness (QED) is 0.301. The zero-order valence-corrected chi connectivity index (χ0v) is 17.4. The Balaban J connectivity index is 1.79. The van der Waals surface area contributed by atoms with Gasteiger partial charge < -0.3 is 14.9 Å². The Labute approximate surface area is 188 Å². The number of nitrogens with zero attached hydrogens (tertiary/aromatic N) is 1. The highest BCUT2D eigenvalue weighted by molar-refractivity contribution is 6.13. The Kier molecular flexibility index (Phi) is 5.87. The second kappa shape index (κ2) is 8.92. The third kappa shape index (κ3) is 4.72. The second-order valence-corrected chi connectivity index (χ2v) is 7.33. The predicted octanol–water partition coefficient (Wildman–Crippen LogP) is 5.51. The minimum atomic E-state index is -1.05. The van der Waals surface area contributed by atoms with E-state index < -0.39 is 11.8 Å². The summed E-state index contributed by atoms with van der Waals surface area (Å²) in [5, 5.41) is 19.1. The van der Waals surface area contributed by atoms with Crippen LogP contribution in [0.25, 0.3) is 17.0 Å². The number of aromatic hydroxyl groups is 1. The number of halogens is 1. The average Bonchev–Trinajstić information content (AvgIpc) is 2.78. The van der Waals surface area contributed by atoms with Crippen molar-refractivity contribution in [2.45, 2.75) is 6.92 Å². The van der Waals surface area contributed by atoms with E-state index in [4.69, 9.17) is 9.84 Å². The lowest BCUT2D eigenvalue weighted by molar-refractivity contribution is -0.131. The number of carboxylic acid groups (broad SMARTS) is 1. The molecule has 164 valence electrons. The lowest BCUT2D eigenvalue weighted by Crippen LogP contribution is -2.07. The summed E-state index contributed by atoms with van der Waals surface area (Å²) >= 11 is 0. The van der Waals surface area contributed by atoms with Crippen molar-refractivity contribution in [2.24, 2.45) is 0 Å². The van der Waals surface area contributed by atoms with Crippen molar-refractivity contribution in [1.82, 2.24) is 4.98 Å². The molecule has 0 aliphatic heterocycles. The molecule has 6 nitrogen and oxygen atoms in total. The zero-order valence-electron chi connectivity index (χ0n) is 17.4. The van der Waals surface area contributed by atoms with E-state index in [9.17, 15) is 19.1 Å². The third-order valence-electron chi connectivity index (χ3n) is 5.00. The van der Waals surface area contributed by atoms with Gasteiger partial charge in [-0.15, -0.1) is 0 Å². The van der Waals surface area contributed by atoms with E-state index in [0.29, 0.717) is 33.3 Å². The minimum Gasteiger partial charge on any atom is -0.508 e. The number of carbonyl (C=O) groups is 2. The van der Waals surface area contributed by atoms with Gasteiger partial charge in [0.05, 0.1) is 11.1 Å². The molecule has 0 radical (unpaired) electrons. The van der Waals surface area contributed by atoms with Crippen molar-refractivity contribution >= 4 is 28.7 Å². The number of ketones is 1. The summed E-state index contributed by atoms with van der Waals surface area (Å²) in [7, 11) is 0. The highest BCUT2D eigenvalue weighted by Gasteiger charge is 2.21. The number of fused-ring (bicyclic) bond motifs is 1. The minimum absolute atomic E-state index is 0.0176. The van der Waals surface area contributed by atoms with Gasteiger partial charge in [0.2, 0.25) is 0 Å². The molecule has 2 N–H and O–H groups in total. The van der Waals surface area contributed by atoms with Crippen LogP contribution in [0.3, 0.4) is 0 Å². The number of phenols is 1. The molecule has 1 aromatic heterocycles. The number of benzene rings is 3. The molecule has 4 aromatic rings. The lowest BCUT2D eigenvalue weighted by Gasteiger charge is -2.14. The number of pyridine rings is 1. The molecule has 33 heavy (non-hydrogen) atoms.